The molecule has 0 aromatic heterocycles. The van der Waals surface area contributed by atoms with Crippen LogP contribution in [-0.4, -0.2) is 0 Å². The minimum absolute atomic E-state index is 0.240. The van der Waals surface area contributed by atoms with Crippen molar-refractivity contribution in [1.82, 2.24) is 0 Å². The predicted molar refractivity (Wildman–Crippen MR) is 74.9 cm³/mol. The molecular formula is C14H12Cl2FN. The van der Waals surface area contributed by atoms with Crippen LogP contribution >= 0.6 is 23.2 Å². The summed E-state index contributed by atoms with van der Waals surface area (Å²) in [6.07, 6.45) is 0. The summed E-state index contributed by atoms with van der Waals surface area (Å²) in [4.78, 5) is 0. The van der Waals surface area contributed by atoms with Gasteiger partial charge in [-0.05, 0) is 30.2 Å². The third kappa shape index (κ3) is 2.77. The lowest BCUT2D eigenvalue weighted by molar-refractivity contribution is 0.621. The van der Waals surface area contributed by atoms with Crippen molar-refractivity contribution in [2.24, 2.45) is 0 Å². The van der Waals surface area contributed by atoms with Gasteiger partial charge in [-0.1, -0.05) is 47.5 Å². The molecule has 4 heteroatoms. The second kappa shape index (κ2) is 5.59. The van der Waals surface area contributed by atoms with Gasteiger partial charge in [0.05, 0.1) is 15.7 Å². The first kappa shape index (κ1) is 13.2. The molecule has 0 saturated heterocycles. The van der Waals surface area contributed by atoms with Gasteiger partial charge in [0.2, 0.25) is 0 Å². The molecule has 18 heavy (non-hydrogen) atoms. The fourth-order valence-electron chi connectivity index (χ4n) is 1.66. The molecule has 0 radical (unpaired) electrons. The van der Waals surface area contributed by atoms with Gasteiger partial charge in [0.1, 0.15) is 5.82 Å². The Kier molecular flexibility index (Phi) is 4.10. The van der Waals surface area contributed by atoms with E-state index in [4.69, 9.17) is 23.2 Å². The molecule has 2 aromatic rings. The number of benzene rings is 2. The SMILES string of the molecule is Cc1cccc(NCc2cccc(Cl)c2Cl)c1F. The van der Waals surface area contributed by atoms with E-state index in [1.165, 1.54) is 0 Å². The topological polar surface area (TPSA) is 12.0 Å². The molecule has 0 aliphatic carbocycles. The summed E-state index contributed by atoms with van der Waals surface area (Å²) in [6, 6.07) is 10.6. The number of hydrogen-bond acceptors (Lipinski definition) is 1. The van der Waals surface area contributed by atoms with E-state index in [1.807, 2.05) is 12.1 Å². The van der Waals surface area contributed by atoms with Gasteiger partial charge < -0.3 is 5.32 Å². The van der Waals surface area contributed by atoms with Gasteiger partial charge in [0.25, 0.3) is 0 Å². The van der Waals surface area contributed by atoms with Gasteiger partial charge in [-0.25, -0.2) is 4.39 Å². The Morgan fingerprint density at radius 3 is 2.61 bits per heavy atom. The standard InChI is InChI=1S/C14H12Cl2FN/c1-9-4-2-7-12(14(9)17)18-8-10-5-3-6-11(15)13(10)16/h2-7,18H,8H2,1H3. The number of halogens is 3. The summed E-state index contributed by atoms with van der Waals surface area (Å²) in [5.74, 6) is -0.240. The highest BCUT2D eigenvalue weighted by molar-refractivity contribution is 6.42. The van der Waals surface area contributed by atoms with Crippen molar-refractivity contribution in [2.75, 3.05) is 5.32 Å². The van der Waals surface area contributed by atoms with Gasteiger partial charge in [-0.15, -0.1) is 0 Å². The highest BCUT2D eigenvalue weighted by Gasteiger charge is 2.07. The quantitative estimate of drug-likeness (QED) is 0.831. The molecule has 0 heterocycles. The first-order chi connectivity index (χ1) is 8.59. The van der Waals surface area contributed by atoms with E-state index in [0.29, 0.717) is 27.8 Å². The van der Waals surface area contributed by atoms with Crippen LogP contribution in [0.25, 0.3) is 0 Å². The highest BCUT2D eigenvalue weighted by Crippen LogP contribution is 2.26. The van der Waals surface area contributed by atoms with Crippen LogP contribution in [-0.2, 0) is 6.54 Å². The smallest absolute Gasteiger partial charge is 0.149 e. The second-order valence-corrected chi connectivity index (χ2v) is 4.79. The summed E-state index contributed by atoms with van der Waals surface area (Å²) in [5.41, 5.74) is 1.91. The zero-order valence-electron chi connectivity index (χ0n) is 9.81. The summed E-state index contributed by atoms with van der Waals surface area (Å²) in [7, 11) is 0. The summed E-state index contributed by atoms with van der Waals surface area (Å²) in [6.45, 7) is 2.16. The first-order valence-electron chi connectivity index (χ1n) is 5.51. The minimum Gasteiger partial charge on any atom is -0.379 e. The molecule has 0 unspecified atom stereocenters. The minimum atomic E-state index is -0.240. The van der Waals surface area contributed by atoms with Crippen LogP contribution in [0.5, 0.6) is 0 Å². The number of rotatable bonds is 3. The Morgan fingerprint density at radius 2 is 1.83 bits per heavy atom. The molecule has 2 aromatic carbocycles. The molecule has 1 nitrogen and oxygen atoms in total. The van der Waals surface area contributed by atoms with Crippen LogP contribution in [0.4, 0.5) is 10.1 Å². The third-order valence-corrected chi connectivity index (χ3v) is 3.55. The molecule has 2 rings (SSSR count). The van der Waals surface area contributed by atoms with Crippen molar-refractivity contribution >= 4 is 28.9 Å². The van der Waals surface area contributed by atoms with Gasteiger partial charge in [0.15, 0.2) is 0 Å². The molecular weight excluding hydrogens is 272 g/mol. The van der Waals surface area contributed by atoms with E-state index < -0.39 is 0 Å². The largest absolute Gasteiger partial charge is 0.379 e. The molecule has 0 amide bonds. The fraction of sp³-hybridized carbons (Fsp3) is 0.143. The van der Waals surface area contributed by atoms with Crippen molar-refractivity contribution < 1.29 is 4.39 Å². The van der Waals surface area contributed by atoms with Crippen molar-refractivity contribution in [2.45, 2.75) is 13.5 Å². The number of nitrogens with one attached hydrogen (secondary N) is 1. The monoisotopic (exact) mass is 283 g/mol. The Balaban J connectivity index is 2.17. The first-order valence-corrected chi connectivity index (χ1v) is 6.27. The lowest BCUT2D eigenvalue weighted by atomic mass is 10.2. The Hall–Kier alpha value is -1.25. The van der Waals surface area contributed by atoms with Gasteiger partial charge in [-0.3, -0.25) is 0 Å². The summed E-state index contributed by atoms with van der Waals surface area (Å²) < 4.78 is 13.8. The van der Waals surface area contributed by atoms with Gasteiger partial charge in [-0.2, -0.15) is 0 Å². The highest BCUT2D eigenvalue weighted by atomic mass is 35.5. The van der Waals surface area contributed by atoms with Crippen molar-refractivity contribution in [3.05, 3.63) is 63.4 Å². The van der Waals surface area contributed by atoms with E-state index >= 15 is 0 Å². The lowest BCUT2D eigenvalue weighted by Crippen LogP contribution is -2.03. The van der Waals surface area contributed by atoms with Crippen molar-refractivity contribution in [3.63, 3.8) is 0 Å². The molecule has 0 aliphatic rings. The molecule has 0 spiro atoms. The normalized spacial score (nSPS) is 10.4. The van der Waals surface area contributed by atoms with Gasteiger partial charge in [0, 0.05) is 6.54 Å². The van der Waals surface area contributed by atoms with Crippen LogP contribution in [0.1, 0.15) is 11.1 Å². The van der Waals surface area contributed by atoms with Crippen LogP contribution in [0.3, 0.4) is 0 Å². The zero-order chi connectivity index (χ0) is 13.1. The molecule has 0 atom stereocenters. The Bertz CT molecular complexity index is 518. The molecule has 0 fully saturated rings. The fourth-order valence-corrected chi connectivity index (χ4v) is 2.05. The van der Waals surface area contributed by atoms with Crippen LogP contribution in [0.15, 0.2) is 36.4 Å². The van der Waals surface area contributed by atoms with E-state index in [1.54, 1.807) is 31.2 Å². The zero-order valence-corrected chi connectivity index (χ0v) is 11.3. The number of anilines is 1. The van der Waals surface area contributed by atoms with Crippen molar-refractivity contribution in [1.29, 1.82) is 0 Å². The maximum absolute atomic E-state index is 13.8. The summed E-state index contributed by atoms with van der Waals surface area (Å²) in [5, 5.41) is 4.02. The van der Waals surface area contributed by atoms with Gasteiger partial charge >= 0.3 is 0 Å². The Labute approximate surface area is 116 Å². The molecule has 0 bridgehead atoms. The number of aryl methyl sites for hydroxylation is 1. The third-order valence-electron chi connectivity index (χ3n) is 2.69. The molecule has 0 aliphatic heterocycles. The maximum atomic E-state index is 13.8. The van der Waals surface area contributed by atoms with E-state index in [2.05, 4.69) is 5.32 Å². The van der Waals surface area contributed by atoms with E-state index in [0.717, 1.165) is 5.56 Å². The Morgan fingerprint density at radius 1 is 1.11 bits per heavy atom. The molecule has 1 N–H and O–H groups in total. The average molecular weight is 284 g/mol. The van der Waals surface area contributed by atoms with Crippen molar-refractivity contribution in [3.8, 4) is 0 Å². The summed E-state index contributed by atoms with van der Waals surface area (Å²) >= 11 is 12.0. The maximum Gasteiger partial charge on any atom is 0.149 e. The van der Waals surface area contributed by atoms with E-state index in [9.17, 15) is 4.39 Å². The van der Waals surface area contributed by atoms with E-state index in [-0.39, 0.29) is 5.82 Å². The van der Waals surface area contributed by atoms with Crippen LogP contribution in [0.2, 0.25) is 10.0 Å². The second-order valence-electron chi connectivity index (χ2n) is 4.00. The predicted octanol–water partition coefficient (Wildman–Crippen LogP) is 5.05. The van der Waals surface area contributed by atoms with Crippen LogP contribution in [0, 0.1) is 12.7 Å². The molecule has 94 valence electrons. The lowest BCUT2D eigenvalue weighted by Gasteiger charge is -2.10. The molecule has 0 saturated carbocycles. The van der Waals surface area contributed by atoms with Crippen LogP contribution < -0.4 is 5.32 Å². The average Bonchev–Trinajstić information content (AvgIpc) is 2.36. The number of hydrogen-bond donors (Lipinski definition) is 1.